The van der Waals surface area contributed by atoms with Gasteiger partial charge in [0.25, 0.3) is 0 Å². The molecular formula is C12H14N2O. The highest BCUT2D eigenvalue weighted by atomic mass is 16.1. The second-order valence-electron chi connectivity index (χ2n) is 3.19. The highest BCUT2D eigenvalue weighted by Gasteiger charge is 2.09. The standard InChI is InChI=1S/C12H14N2O/c1-4-5-9-6-10(12(13)15)8(2)11(7-9)14-3/h6-7,14H,1-3H3,(H2,13,15). The molecule has 0 heterocycles. The molecule has 0 bridgehead atoms. The predicted octanol–water partition coefficient (Wildman–Crippen LogP) is 1.51. The fourth-order valence-electron chi connectivity index (χ4n) is 1.45. The number of primary amides is 1. The van der Waals surface area contributed by atoms with E-state index in [0.717, 1.165) is 16.8 Å². The summed E-state index contributed by atoms with van der Waals surface area (Å²) < 4.78 is 0. The first-order valence-corrected chi connectivity index (χ1v) is 4.65. The molecule has 0 atom stereocenters. The maximum Gasteiger partial charge on any atom is 0.249 e. The van der Waals surface area contributed by atoms with Crippen molar-refractivity contribution in [2.45, 2.75) is 13.8 Å². The Balaban J connectivity index is 3.42. The molecule has 78 valence electrons. The summed E-state index contributed by atoms with van der Waals surface area (Å²) >= 11 is 0. The van der Waals surface area contributed by atoms with Gasteiger partial charge in [0.05, 0.1) is 0 Å². The molecule has 1 amide bonds. The molecule has 1 rings (SSSR count). The van der Waals surface area contributed by atoms with Crippen LogP contribution < -0.4 is 11.1 Å². The SMILES string of the molecule is CC#Cc1cc(NC)c(C)c(C(N)=O)c1. The quantitative estimate of drug-likeness (QED) is 0.714. The molecular weight excluding hydrogens is 188 g/mol. The first kappa shape index (κ1) is 11.1. The van der Waals surface area contributed by atoms with Crippen molar-refractivity contribution >= 4 is 11.6 Å². The Morgan fingerprint density at radius 2 is 2.13 bits per heavy atom. The van der Waals surface area contributed by atoms with E-state index in [2.05, 4.69) is 17.2 Å². The number of anilines is 1. The van der Waals surface area contributed by atoms with E-state index in [9.17, 15) is 4.79 Å². The largest absolute Gasteiger partial charge is 0.388 e. The van der Waals surface area contributed by atoms with E-state index in [0.29, 0.717) is 5.56 Å². The molecule has 0 radical (unpaired) electrons. The minimum Gasteiger partial charge on any atom is -0.388 e. The summed E-state index contributed by atoms with van der Waals surface area (Å²) in [6.07, 6.45) is 0. The minimum absolute atomic E-state index is 0.427. The van der Waals surface area contributed by atoms with Crippen LogP contribution in [0.2, 0.25) is 0 Å². The van der Waals surface area contributed by atoms with Crippen molar-refractivity contribution in [3.8, 4) is 11.8 Å². The van der Waals surface area contributed by atoms with Crippen molar-refractivity contribution in [2.24, 2.45) is 5.73 Å². The molecule has 0 fully saturated rings. The van der Waals surface area contributed by atoms with Crippen molar-refractivity contribution in [3.05, 3.63) is 28.8 Å². The van der Waals surface area contributed by atoms with E-state index in [-0.39, 0.29) is 0 Å². The third-order valence-electron chi connectivity index (χ3n) is 2.21. The zero-order valence-electron chi connectivity index (χ0n) is 9.14. The molecule has 0 aromatic heterocycles. The number of hydrogen-bond donors (Lipinski definition) is 2. The summed E-state index contributed by atoms with van der Waals surface area (Å²) in [6, 6.07) is 3.62. The van der Waals surface area contributed by atoms with Crippen LogP contribution in [0.1, 0.15) is 28.4 Å². The maximum atomic E-state index is 11.2. The second-order valence-corrected chi connectivity index (χ2v) is 3.19. The summed E-state index contributed by atoms with van der Waals surface area (Å²) in [7, 11) is 1.80. The monoisotopic (exact) mass is 202 g/mol. The van der Waals surface area contributed by atoms with Crippen LogP contribution in [0.5, 0.6) is 0 Å². The van der Waals surface area contributed by atoms with Crippen LogP contribution in [0.15, 0.2) is 12.1 Å². The lowest BCUT2D eigenvalue weighted by Crippen LogP contribution is -2.14. The number of nitrogens with one attached hydrogen (secondary N) is 1. The van der Waals surface area contributed by atoms with Gasteiger partial charge in [0.15, 0.2) is 0 Å². The third-order valence-corrected chi connectivity index (χ3v) is 2.21. The van der Waals surface area contributed by atoms with E-state index in [1.807, 2.05) is 13.0 Å². The van der Waals surface area contributed by atoms with E-state index in [1.54, 1.807) is 20.0 Å². The Labute approximate surface area is 89.7 Å². The molecule has 0 saturated carbocycles. The van der Waals surface area contributed by atoms with Crippen molar-refractivity contribution in [2.75, 3.05) is 12.4 Å². The summed E-state index contributed by atoms with van der Waals surface area (Å²) in [5.41, 5.74) is 8.33. The Hall–Kier alpha value is -1.95. The normalized spacial score (nSPS) is 9.00. The smallest absolute Gasteiger partial charge is 0.249 e. The molecule has 3 N–H and O–H groups in total. The van der Waals surface area contributed by atoms with E-state index < -0.39 is 5.91 Å². The van der Waals surface area contributed by atoms with Gasteiger partial charge in [-0.15, -0.1) is 5.92 Å². The van der Waals surface area contributed by atoms with Gasteiger partial charge in [0.1, 0.15) is 0 Å². The highest BCUT2D eigenvalue weighted by molar-refractivity contribution is 5.96. The Morgan fingerprint density at radius 1 is 1.47 bits per heavy atom. The summed E-state index contributed by atoms with van der Waals surface area (Å²) in [5.74, 6) is 5.27. The van der Waals surface area contributed by atoms with Crippen LogP contribution in [0.25, 0.3) is 0 Å². The van der Waals surface area contributed by atoms with Gasteiger partial charge in [-0.3, -0.25) is 4.79 Å². The molecule has 0 aliphatic rings. The van der Waals surface area contributed by atoms with Gasteiger partial charge in [0, 0.05) is 23.9 Å². The van der Waals surface area contributed by atoms with Crippen LogP contribution in [0.3, 0.4) is 0 Å². The second kappa shape index (κ2) is 4.52. The zero-order valence-corrected chi connectivity index (χ0v) is 9.14. The van der Waals surface area contributed by atoms with Crippen LogP contribution in [-0.4, -0.2) is 13.0 Å². The molecule has 0 saturated heterocycles. The molecule has 1 aromatic rings. The van der Waals surface area contributed by atoms with Crippen LogP contribution in [0.4, 0.5) is 5.69 Å². The lowest BCUT2D eigenvalue weighted by atomic mass is 10.0. The zero-order chi connectivity index (χ0) is 11.4. The average molecular weight is 202 g/mol. The number of rotatable bonds is 2. The van der Waals surface area contributed by atoms with Gasteiger partial charge in [-0.05, 0) is 31.5 Å². The van der Waals surface area contributed by atoms with Crippen LogP contribution >= 0.6 is 0 Å². The Morgan fingerprint density at radius 3 is 2.60 bits per heavy atom. The first-order valence-electron chi connectivity index (χ1n) is 4.65. The van der Waals surface area contributed by atoms with Gasteiger partial charge in [0.2, 0.25) is 5.91 Å². The minimum atomic E-state index is -0.427. The summed E-state index contributed by atoms with van der Waals surface area (Å²) in [6.45, 7) is 3.61. The molecule has 15 heavy (non-hydrogen) atoms. The molecule has 3 nitrogen and oxygen atoms in total. The number of carbonyl (C=O) groups is 1. The maximum absolute atomic E-state index is 11.2. The average Bonchev–Trinajstić information content (AvgIpc) is 2.20. The van der Waals surface area contributed by atoms with E-state index >= 15 is 0 Å². The van der Waals surface area contributed by atoms with Crippen molar-refractivity contribution in [3.63, 3.8) is 0 Å². The van der Waals surface area contributed by atoms with Gasteiger partial charge in [-0.25, -0.2) is 0 Å². The first-order chi connectivity index (χ1) is 7.10. The van der Waals surface area contributed by atoms with Gasteiger partial charge < -0.3 is 11.1 Å². The highest BCUT2D eigenvalue weighted by Crippen LogP contribution is 2.20. The van der Waals surface area contributed by atoms with Crippen molar-refractivity contribution < 1.29 is 4.79 Å². The lowest BCUT2D eigenvalue weighted by Gasteiger charge is -2.09. The van der Waals surface area contributed by atoms with Gasteiger partial charge in [-0.1, -0.05) is 5.92 Å². The van der Waals surface area contributed by atoms with Crippen molar-refractivity contribution in [1.29, 1.82) is 0 Å². The number of nitrogens with two attached hydrogens (primary N) is 1. The molecule has 0 aliphatic heterocycles. The molecule has 1 aromatic carbocycles. The number of hydrogen-bond acceptors (Lipinski definition) is 2. The number of amides is 1. The molecule has 0 spiro atoms. The Kier molecular flexibility index (Phi) is 3.35. The summed E-state index contributed by atoms with van der Waals surface area (Å²) in [4.78, 5) is 11.2. The number of carbonyl (C=O) groups excluding carboxylic acids is 1. The van der Waals surface area contributed by atoms with Gasteiger partial charge >= 0.3 is 0 Å². The number of benzene rings is 1. The third kappa shape index (κ3) is 2.29. The predicted molar refractivity (Wildman–Crippen MR) is 61.8 cm³/mol. The Bertz CT molecular complexity index is 453. The van der Waals surface area contributed by atoms with E-state index in [1.165, 1.54) is 0 Å². The van der Waals surface area contributed by atoms with Crippen molar-refractivity contribution in [1.82, 2.24) is 0 Å². The summed E-state index contributed by atoms with van der Waals surface area (Å²) in [5, 5.41) is 3.01. The van der Waals surface area contributed by atoms with Gasteiger partial charge in [-0.2, -0.15) is 0 Å². The lowest BCUT2D eigenvalue weighted by molar-refractivity contribution is 0.0999. The van der Waals surface area contributed by atoms with Crippen LogP contribution in [0, 0.1) is 18.8 Å². The van der Waals surface area contributed by atoms with Crippen LogP contribution in [-0.2, 0) is 0 Å². The molecule has 0 unspecified atom stereocenters. The molecule has 0 aliphatic carbocycles. The fourth-order valence-corrected chi connectivity index (χ4v) is 1.45. The fraction of sp³-hybridized carbons (Fsp3) is 0.250. The topological polar surface area (TPSA) is 55.1 Å². The van der Waals surface area contributed by atoms with E-state index in [4.69, 9.17) is 5.73 Å². The molecule has 3 heteroatoms.